The van der Waals surface area contributed by atoms with E-state index in [1.807, 2.05) is 62.8 Å². The lowest BCUT2D eigenvalue weighted by molar-refractivity contribution is -0.113. The molecule has 0 radical (unpaired) electrons. The topological polar surface area (TPSA) is 76.8 Å². The van der Waals surface area contributed by atoms with Gasteiger partial charge in [0.25, 0.3) is 5.91 Å². The smallest absolute Gasteiger partial charge is 0.255 e. The van der Waals surface area contributed by atoms with Gasteiger partial charge in [-0.05, 0) is 44.5 Å². The number of allylic oxidation sites excluding steroid dienone is 1. The standard InChI is InChI=1S/C20H22N6O/c1-12-7-8-15(13(2)10-12)24-19(27)17-14(3)23-20-21-11-22-26(20)18(17)16-6-5-9-25(16)4/h5-11,18H,1-4H3,(H,24,27)(H,21,22,23). The number of nitrogens with zero attached hydrogens (tertiary/aromatic N) is 4. The van der Waals surface area contributed by atoms with Gasteiger partial charge in [-0.2, -0.15) is 10.1 Å². The van der Waals surface area contributed by atoms with Crippen LogP contribution in [0.2, 0.25) is 0 Å². The largest absolute Gasteiger partial charge is 0.352 e. The van der Waals surface area contributed by atoms with Crippen molar-refractivity contribution in [1.82, 2.24) is 19.3 Å². The molecular weight excluding hydrogens is 340 g/mol. The Morgan fingerprint density at radius 1 is 1.22 bits per heavy atom. The van der Waals surface area contributed by atoms with E-state index in [9.17, 15) is 4.79 Å². The molecule has 1 amide bonds. The molecule has 7 nitrogen and oxygen atoms in total. The highest BCUT2D eigenvalue weighted by Gasteiger charge is 2.34. The van der Waals surface area contributed by atoms with Crippen LogP contribution in [0.25, 0.3) is 0 Å². The number of rotatable bonds is 3. The highest BCUT2D eigenvalue weighted by molar-refractivity contribution is 6.06. The molecule has 1 aliphatic rings. The van der Waals surface area contributed by atoms with E-state index in [0.29, 0.717) is 11.5 Å². The summed E-state index contributed by atoms with van der Waals surface area (Å²) >= 11 is 0. The van der Waals surface area contributed by atoms with Crippen molar-refractivity contribution >= 4 is 17.5 Å². The summed E-state index contributed by atoms with van der Waals surface area (Å²) < 4.78 is 3.75. The van der Waals surface area contributed by atoms with E-state index in [2.05, 4.69) is 26.8 Å². The van der Waals surface area contributed by atoms with Crippen LogP contribution in [0.3, 0.4) is 0 Å². The molecule has 7 heteroatoms. The van der Waals surface area contributed by atoms with Crippen molar-refractivity contribution in [3.05, 3.63) is 70.9 Å². The Morgan fingerprint density at radius 3 is 2.74 bits per heavy atom. The van der Waals surface area contributed by atoms with Crippen molar-refractivity contribution in [1.29, 1.82) is 0 Å². The van der Waals surface area contributed by atoms with Crippen LogP contribution < -0.4 is 10.6 Å². The van der Waals surface area contributed by atoms with Gasteiger partial charge in [0, 0.05) is 30.3 Å². The number of fused-ring (bicyclic) bond motifs is 1. The predicted octanol–water partition coefficient (Wildman–Crippen LogP) is 3.16. The first-order chi connectivity index (χ1) is 13.0. The van der Waals surface area contributed by atoms with E-state index >= 15 is 0 Å². The van der Waals surface area contributed by atoms with Gasteiger partial charge in [-0.3, -0.25) is 4.79 Å². The Bertz CT molecular complexity index is 1060. The summed E-state index contributed by atoms with van der Waals surface area (Å²) in [5, 5.41) is 10.6. The van der Waals surface area contributed by atoms with E-state index < -0.39 is 0 Å². The molecule has 1 aliphatic heterocycles. The molecule has 0 spiro atoms. The number of amides is 1. The maximum absolute atomic E-state index is 13.3. The molecule has 0 saturated carbocycles. The number of carbonyl (C=O) groups is 1. The molecule has 3 heterocycles. The minimum Gasteiger partial charge on any atom is -0.352 e. The molecule has 0 saturated heterocycles. The SMILES string of the molecule is CC1=C(C(=O)Nc2ccc(C)cc2C)C(c2cccn2C)n2ncnc2N1. The summed E-state index contributed by atoms with van der Waals surface area (Å²) in [7, 11) is 1.96. The first-order valence-corrected chi connectivity index (χ1v) is 8.83. The second kappa shape index (κ2) is 6.42. The van der Waals surface area contributed by atoms with E-state index in [1.54, 1.807) is 4.68 Å². The molecule has 27 heavy (non-hydrogen) atoms. The molecule has 138 valence electrons. The lowest BCUT2D eigenvalue weighted by atomic mass is 9.99. The van der Waals surface area contributed by atoms with E-state index in [0.717, 1.165) is 28.2 Å². The number of aryl methyl sites for hydroxylation is 3. The van der Waals surface area contributed by atoms with Crippen LogP contribution in [0.4, 0.5) is 11.6 Å². The number of carbonyl (C=O) groups excluding carboxylic acids is 1. The molecule has 2 aromatic heterocycles. The molecule has 0 fully saturated rings. The van der Waals surface area contributed by atoms with Crippen molar-refractivity contribution in [2.45, 2.75) is 26.8 Å². The third-order valence-corrected chi connectivity index (χ3v) is 4.93. The summed E-state index contributed by atoms with van der Waals surface area (Å²) in [5.74, 6) is 0.473. The minimum absolute atomic E-state index is 0.153. The summed E-state index contributed by atoms with van der Waals surface area (Å²) in [5.41, 5.74) is 5.35. The monoisotopic (exact) mass is 362 g/mol. The Hall–Kier alpha value is -3.35. The van der Waals surface area contributed by atoms with Gasteiger partial charge in [0.1, 0.15) is 12.4 Å². The fourth-order valence-electron chi connectivity index (χ4n) is 3.56. The minimum atomic E-state index is -0.352. The Morgan fingerprint density at radius 2 is 2.04 bits per heavy atom. The fourth-order valence-corrected chi connectivity index (χ4v) is 3.56. The first kappa shape index (κ1) is 17.1. The average Bonchev–Trinajstić information content (AvgIpc) is 3.24. The molecule has 0 aliphatic carbocycles. The fraction of sp³-hybridized carbons (Fsp3) is 0.250. The normalized spacial score (nSPS) is 16.1. The van der Waals surface area contributed by atoms with Crippen molar-refractivity contribution in [3.63, 3.8) is 0 Å². The number of hydrogen-bond acceptors (Lipinski definition) is 4. The zero-order valence-electron chi connectivity index (χ0n) is 15.8. The quantitative estimate of drug-likeness (QED) is 0.750. The average molecular weight is 362 g/mol. The van der Waals surface area contributed by atoms with Gasteiger partial charge in [0.15, 0.2) is 0 Å². The van der Waals surface area contributed by atoms with Crippen LogP contribution >= 0.6 is 0 Å². The zero-order chi connectivity index (χ0) is 19.1. The van der Waals surface area contributed by atoms with E-state index in [1.165, 1.54) is 6.33 Å². The molecule has 4 rings (SSSR count). The van der Waals surface area contributed by atoms with Gasteiger partial charge in [-0.25, -0.2) is 4.68 Å². The van der Waals surface area contributed by atoms with Crippen molar-refractivity contribution in [2.24, 2.45) is 7.05 Å². The zero-order valence-corrected chi connectivity index (χ0v) is 15.8. The lowest BCUT2D eigenvalue weighted by Crippen LogP contribution is -2.32. The summed E-state index contributed by atoms with van der Waals surface area (Å²) in [4.78, 5) is 17.5. The van der Waals surface area contributed by atoms with Crippen LogP contribution in [-0.2, 0) is 11.8 Å². The second-order valence-electron chi connectivity index (χ2n) is 6.91. The molecule has 1 aromatic carbocycles. The van der Waals surface area contributed by atoms with Gasteiger partial charge >= 0.3 is 0 Å². The Kier molecular flexibility index (Phi) is 4.07. The number of benzene rings is 1. The van der Waals surface area contributed by atoms with Crippen LogP contribution in [0.5, 0.6) is 0 Å². The maximum atomic E-state index is 13.3. The highest BCUT2D eigenvalue weighted by atomic mass is 16.1. The third-order valence-electron chi connectivity index (χ3n) is 4.93. The first-order valence-electron chi connectivity index (χ1n) is 8.83. The van der Waals surface area contributed by atoms with Crippen LogP contribution in [0, 0.1) is 13.8 Å². The highest BCUT2D eigenvalue weighted by Crippen LogP contribution is 2.35. The summed E-state index contributed by atoms with van der Waals surface area (Å²) in [6, 6.07) is 9.59. The Labute approximate surface area is 157 Å². The molecule has 3 aromatic rings. The van der Waals surface area contributed by atoms with Gasteiger partial charge in [-0.15, -0.1) is 0 Å². The predicted molar refractivity (Wildman–Crippen MR) is 104 cm³/mol. The third kappa shape index (κ3) is 2.91. The number of anilines is 2. The van der Waals surface area contributed by atoms with E-state index in [-0.39, 0.29) is 11.9 Å². The summed E-state index contributed by atoms with van der Waals surface area (Å²) in [6.07, 6.45) is 3.46. The molecule has 0 bridgehead atoms. The molecule has 2 N–H and O–H groups in total. The second-order valence-corrected chi connectivity index (χ2v) is 6.91. The number of hydrogen-bond donors (Lipinski definition) is 2. The van der Waals surface area contributed by atoms with Crippen LogP contribution in [-0.4, -0.2) is 25.2 Å². The van der Waals surface area contributed by atoms with Crippen LogP contribution in [0.1, 0.15) is 29.8 Å². The van der Waals surface area contributed by atoms with Gasteiger partial charge < -0.3 is 15.2 Å². The summed E-state index contributed by atoms with van der Waals surface area (Å²) in [6.45, 7) is 5.92. The van der Waals surface area contributed by atoms with Gasteiger partial charge in [0.2, 0.25) is 5.95 Å². The Balaban J connectivity index is 1.77. The van der Waals surface area contributed by atoms with Gasteiger partial charge in [-0.1, -0.05) is 17.7 Å². The number of nitrogens with one attached hydrogen (secondary N) is 2. The van der Waals surface area contributed by atoms with Crippen molar-refractivity contribution in [2.75, 3.05) is 10.6 Å². The number of aromatic nitrogens is 4. The maximum Gasteiger partial charge on any atom is 0.255 e. The van der Waals surface area contributed by atoms with E-state index in [4.69, 9.17) is 0 Å². The van der Waals surface area contributed by atoms with Gasteiger partial charge in [0.05, 0.1) is 5.57 Å². The lowest BCUT2D eigenvalue weighted by Gasteiger charge is -2.29. The molecule has 1 unspecified atom stereocenters. The van der Waals surface area contributed by atoms with Crippen LogP contribution in [0.15, 0.2) is 54.1 Å². The molecule has 1 atom stereocenters. The van der Waals surface area contributed by atoms with Crippen molar-refractivity contribution in [3.8, 4) is 0 Å². The van der Waals surface area contributed by atoms with Crippen molar-refractivity contribution < 1.29 is 4.79 Å². The molecular formula is C20H22N6O.